The van der Waals surface area contributed by atoms with Crippen LogP contribution in [0.15, 0.2) is 78.9 Å². The number of nitrogens with one attached hydrogen (secondary N) is 1. The van der Waals surface area contributed by atoms with E-state index in [0.717, 1.165) is 67.8 Å². The van der Waals surface area contributed by atoms with E-state index in [1.54, 1.807) is 4.68 Å². The van der Waals surface area contributed by atoms with Crippen molar-refractivity contribution >= 4 is 23.3 Å². The summed E-state index contributed by atoms with van der Waals surface area (Å²) in [4.78, 5) is 14.4. The molecule has 3 heterocycles. The second-order valence-electron chi connectivity index (χ2n) is 13.0. The van der Waals surface area contributed by atoms with E-state index in [9.17, 15) is 0 Å². The van der Waals surface area contributed by atoms with Gasteiger partial charge in [0.15, 0.2) is 5.82 Å². The average Bonchev–Trinajstić information content (AvgIpc) is 3.37. The van der Waals surface area contributed by atoms with Crippen molar-refractivity contribution in [2.24, 2.45) is 0 Å². The molecule has 3 aromatic carbocycles. The van der Waals surface area contributed by atoms with E-state index >= 15 is 4.39 Å². The fraction of sp³-hybridized carbons (Fsp3) is 0.342. The van der Waals surface area contributed by atoms with Crippen LogP contribution in [0.5, 0.6) is 0 Å². The Hall–Kier alpha value is -4.76. The first-order chi connectivity index (χ1) is 23.1. The third kappa shape index (κ3) is 5.96. The highest BCUT2D eigenvalue weighted by Gasteiger charge is 2.27. The van der Waals surface area contributed by atoms with Gasteiger partial charge in [0.2, 0.25) is 11.9 Å². The van der Waals surface area contributed by atoms with Gasteiger partial charge in [-0.3, -0.25) is 4.90 Å². The van der Waals surface area contributed by atoms with Gasteiger partial charge in [-0.15, -0.1) is 5.10 Å². The Bertz CT molecular complexity index is 1870. The number of pyridine rings is 1. The monoisotopic (exact) mass is 628 g/mol. The lowest BCUT2D eigenvalue weighted by Gasteiger charge is -2.41. The summed E-state index contributed by atoms with van der Waals surface area (Å²) >= 11 is 0. The lowest BCUT2D eigenvalue weighted by molar-refractivity contribution is 0.147. The Labute approximate surface area is 275 Å². The number of anilines is 4. The van der Waals surface area contributed by atoms with Crippen LogP contribution in [0, 0.1) is 5.82 Å². The van der Waals surface area contributed by atoms with Gasteiger partial charge in [-0.1, -0.05) is 73.9 Å². The molecule has 8 rings (SSSR count). The van der Waals surface area contributed by atoms with Crippen LogP contribution < -0.4 is 16.0 Å². The van der Waals surface area contributed by atoms with Crippen LogP contribution in [-0.4, -0.2) is 56.9 Å². The fourth-order valence-electron chi connectivity index (χ4n) is 7.73. The number of nitrogens with two attached hydrogens (primary N) is 1. The summed E-state index contributed by atoms with van der Waals surface area (Å²) in [5.41, 5.74) is 14.5. The first-order valence-corrected chi connectivity index (χ1v) is 17.1. The van der Waals surface area contributed by atoms with Crippen molar-refractivity contribution in [3.05, 3.63) is 95.8 Å². The minimum atomic E-state index is -0.257. The van der Waals surface area contributed by atoms with E-state index in [1.807, 2.05) is 18.2 Å². The molecular formula is C38H41FN8. The second kappa shape index (κ2) is 12.8. The molecule has 47 heavy (non-hydrogen) atoms. The zero-order chi connectivity index (χ0) is 31.7. The molecule has 1 saturated carbocycles. The standard InChI is InChI=1S/C38H41FN8/c39-33-24-28(18-19-34(33)46-22-20-45(21-23-46)29-14-5-2-6-15-29)41-38-43-37(40)47(44-38)35-25-32(27-10-3-1-4-11-27)31-17-9-13-26-12-7-8-16-30(26)36(31)42-35/h1,3-4,7-8,10-12,16,18-19,24-25,29H,2,5-6,9,13-15,17,20-23H2,(H3,40,41,43,44). The number of halogens is 1. The highest BCUT2D eigenvalue weighted by atomic mass is 19.1. The molecule has 3 N–H and O–H groups in total. The summed E-state index contributed by atoms with van der Waals surface area (Å²) in [6.45, 7) is 3.65. The summed E-state index contributed by atoms with van der Waals surface area (Å²) < 4.78 is 17.1. The molecule has 0 unspecified atom stereocenters. The van der Waals surface area contributed by atoms with Crippen LogP contribution in [-0.2, 0) is 12.8 Å². The van der Waals surface area contributed by atoms with Crippen LogP contribution in [0.25, 0.3) is 28.2 Å². The number of aromatic nitrogens is 4. The number of rotatable bonds is 6. The highest BCUT2D eigenvalue weighted by molar-refractivity contribution is 5.80. The molecule has 0 radical (unpaired) electrons. The van der Waals surface area contributed by atoms with Crippen LogP contribution >= 0.6 is 0 Å². The van der Waals surface area contributed by atoms with Gasteiger partial charge < -0.3 is 16.0 Å². The van der Waals surface area contributed by atoms with Crippen LogP contribution in [0.4, 0.5) is 27.7 Å². The Morgan fingerprint density at radius 1 is 0.766 bits per heavy atom. The fourth-order valence-corrected chi connectivity index (χ4v) is 7.73. The van der Waals surface area contributed by atoms with Crippen LogP contribution in [0.2, 0.25) is 0 Å². The smallest absolute Gasteiger partial charge is 0.248 e. The van der Waals surface area contributed by atoms with Crippen molar-refractivity contribution in [2.45, 2.75) is 57.4 Å². The maximum Gasteiger partial charge on any atom is 0.248 e. The minimum absolute atomic E-state index is 0.203. The zero-order valence-corrected chi connectivity index (χ0v) is 26.7. The lowest BCUT2D eigenvalue weighted by atomic mass is 9.94. The average molecular weight is 629 g/mol. The van der Waals surface area contributed by atoms with Crippen molar-refractivity contribution in [2.75, 3.05) is 42.1 Å². The highest BCUT2D eigenvalue weighted by Crippen LogP contribution is 2.38. The second-order valence-corrected chi connectivity index (χ2v) is 13.0. The molecular weight excluding hydrogens is 587 g/mol. The van der Waals surface area contributed by atoms with Gasteiger partial charge in [-0.2, -0.15) is 9.67 Å². The lowest BCUT2D eigenvalue weighted by Crippen LogP contribution is -2.51. The molecule has 1 aliphatic heterocycles. The van der Waals surface area contributed by atoms with E-state index in [4.69, 9.17) is 15.8 Å². The molecule has 1 saturated heterocycles. The van der Waals surface area contributed by atoms with Gasteiger partial charge in [0.25, 0.3) is 0 Å². The van der Waals surface area contributed by atoms with E-state index in [1.165, 1.54) is 49.3 Å². The van der Waals surface area contributed by atoms with Gasteiger partial charge in [-0.05, 0) is 78.6 Å². The van der Waals surface area contributed by atoms with Gasteiger partial charge in [0, 0.05) is 43.5 Å². The summed E-state index contributed by atoms with van der Waals surface area (Å²) in [5.74, 6) is 0.821. The molecule has 5 aromatic rings. The Balaban J connectivity index is 1.05. The molecule has 2 aromatic heterocycles. The van der Waals surface area contributed by atoms with Crippen molar-refractivity contribution < 1.29 is 4.39 Å². The Morgan fingerprint density at radius 2 is 1.55 bits per heavy atom. The molecule has 2 fully saturated rings. The first-order valence-electron chi connectivity index (χ1n) is 17.1. The number of nitrogen functional groups attached to an aromatic ring is 1. The van der Waals surface area contributed by atoms with Gasteiger partial charge in [0.05, 0.1) is 11.4 Å². The number of hydrogen-bond donors (Lipinski definition) is 2. The molecule has 240 valence electrons. The topological polar surface area (TPSA) is 88.1 Å². The molecule has 0 spiro atoms. The predicted octanol–water partition coefficient (Wildman–Crippen LogP) is 7.40. The molecule has 2 aliphatic carbocycles. The summed E-state index contributed by atoms with van der Waals surface area (Å²) in [6.07, 6.45) is 9.61. The van der Waals surface area contributed by atoms with Crippen LogP contribution in [0.1, 0.15) is 49.7 Å². The number of fused-ring (bicyclic) bond motifs is 3. The number of benzene rings is 3. The van der Waals surface area contributed by atoms with Gasteiger partial charge in [0.1, 0.15) is 5.82 Å². The van der Waals surface area contributed by atoms with E-state index in [0.29, 0.717) is 23.2 Å². The maximum absolute atomic E-state index is 15.5. The van der Waals surface area contributed by atoms with Crippen molar-refractivity contribution in [3.8, 4) is 28.2 Å². The minimum Gasteiger partial charge on any atom is -0.368 e. The zero-order valence-electron chi connectivity index (χ0n) is 26.7. The van der Waals surface area contributed by atoms with Crippen LogP contribution in [0.3, 0.4) is 0 Å². The number of nitrogens with zero attached hydrogens (tertiary/aromatic N) is 6. The van der Waals surface area contributed by atoms with E-state index in [2.05, 4.69) is 74.7 Å². The van der Waals surface area contributed by atoms with E-state index < -0.39 is 0 Å². The molecule has 8 nitrogen and oxygen atoms in total. The number of aryl methyl sites for hydroxylation is 1. The Morgan fingerprint density at radius 3 is 2.36 bits per heavy atom. The largest absolute Gasteiger partial charge is 0.368 e. The summed E-state index contributed by atoms with van der Waals surface area (Å²) in [6, 6.07) is 26.9. The van der Waals surface area contributed by atoms with Gasteiger partial charge >= 0.3 is 0 Å². The third-order valence-electron chi connectivity index (χ3n) is 10.1. The summed E-state index contributed by atoms with van der Waals surface area (Å²) in [7, 11) is 0. The first kappa shape index (κ1) is 29.6. The van der Waals surface area contributed by atoms with E-state index in [-0.39, 0.29) is 17.7 Å². The summed E-state index contributed by atoms with van der Waals surface area (Å²) in [5, 5.41) is 7.87. The number of piperazine rings is 1. The van der Waals surface area contributed by atoms with Crippen molar-refractivity contribution in [1.82, 2.24) is 24.6 Å². The molecule has 0 atom stereocenters. The molecule has 0 amide bonds. The predicted molar refractivity (Wildman–Crippen MR) is 187 cm³/mol. The maximum atomic E-state index is 15.5. The van der Waals surface area contributed by atoms with Crippen molar-refractivity contribution in [3.63, 3.8) is 0 Å². The third-order valence-corrected chi connectivity index (χ3v) is 10.1. The molecule has 9 heteroatoms. The number of hydrogen-bond acceptors (Lipinski definition) is 7. The van der Waals surface area contributed by atoms with Gasteiger partial charge in [-0.25, -0.2) is 9.37 Å². The molecule has 0 bridgehead atoms. The Kier molecular flexibility index (Phi) is 8.07. The normalized spacial score (nSPS) is 17.2. The van der Waals surface area contributed by atoms with Crippen molar-refractivity contribution in [1.29, 1.82) is 0 Å². The molecule has 3 aliphatic rings. The quantitative estimate of drug-likeness (QED) is 0.203. The SMILES string of the molecule is Nc1nc(Nc2ccc(N3CCN(C4CCCCC4)CC3)c(F)c2)nn1-c1cc(-c2ccccc2)c2c(n1)-c1ccccc1CCC2.